The lowest BCUT2D eigenvalue weighted by Crippen LogP contribution is -2.39. The van der Waals surface area contributed by atoms with Crippen molar-refractivity contribution in [2.75, 3.05) is 6.54 Å². The third kappa shape index (κ3) is 2.64. The average Bonchev–Trinajstić information content (AvgIpc) is 3.00. The predicted molar refractivity (Wildman–Crippen MR) is 65.3 cm³/mol. The van der Waals surface area contributed by atoms with E-state index in [0.717, 1.165) is 25.0 Å². The zero-order chi connectivity index (χ0) is 12.1. The van der Waals surface area contributed by atoms with Gasteiger partial charge in [-0.3, -0.25) is 4.79 Å². The molecule has 1 N–H and O–H groups in total. The number of carbonyl (C=O) groups excluding carboxylic acids is 1. The molecule has 1 saturated carbocycles. The minimum atomic E-state index is -0.762. The van der Waals surface area contributed by atoms with E-state index in [2.05, 4.69) is 16.4 Å². The van der Waals surface area contributed by atoms with Gasteiger partial charge in [0.05, 0.1) is 17.3 Å². The fraction of sp³-hybridized carbons (Fsp3) is 0.583. The van der Waals surface area contributed by atoms with E-state index < -0.39 is 5.41 Å². The van der Waals surface area contributed by atoms with E-state index in [9.17, 15) is 4.79 Å². The minimum absolute atomic E-state index is 0.104. The number of nitrogens with one attached hydrogen (secondary N) is 1. The lowest BCUT2D eigenvalue weighted by molar-refractivity contribution is -0.127. The molecule has 1 aliphatic carbocycles. The van der Waals surface area contributed by atoms with E-state index in [0.29, 0.717) is 19.4 Å². The lowest BCUT2D eigenvalue weighted by Gasteiger charge is -2.18. The zero-order valence-corrected chi connectivity index (χ0v) is 10.4. The van der Waals surface area contributed by atoms with Crippen molar-refractivity contribution in [3.05, 3.63) is 16.6 Å². The third-order valence-electron chi connectivity index (χ3n) is 3.26. The molecule has 0 saturated heterocycles. The summed E-state index contributed by atoms with van der Waals surface area (Å²) in [6, 6.07) is 2.20. The molecular formula is C12H15N3OS. The molecule has 0 spiro atoms. The van der Waals surface area contributed by atoms with E-state index >= 15 is 0 Å². The van der Waals surface area contributed by atoms with Crippen LogP contribution in [0.15, 0.2) is 10.9 Å². The second-order valence-corrected chi connectivity index (χ2v) is 5.11. The molecular weight excluding hydrogens is 234 g/mol. The summed E-state index contributed by atoms with van der Waals surface area (Å²) in [5.41, 5.74) is 2.01. The predicted octanol–water partition coefficient (Wildman–Crippen LogP) is 1.89. The second kappa shape index (κ2) is 5.28. The zero-order valence-electron chi connectivity index (χ0n) is 9.61. The number of nitriles is 1. The Hall–Kier alpha value is -1.41. The molecule has 4 nitrogen and oxygen atoms in total. The van der Waals surface area contributed by atoms with Gasteiger partial charge >= 0.3 is 0 Å². The van der Waals surface area contributed by atoms with Gasteiger partial charge in [0, 0.05) is 18.3 Å². The van der Waals surface area contributed by atoms with Crippen molar-refractivity contribution in [3.63, 3.8) is 0 Å². The van der Waals surface area contributed by atoms with E-state index in [1.165, 1.54) is 0 Å². The Bertz CT molecular complexity index is 415. The van der Waals surface area contributed by atoms with Gasteiger partial charge in [-0.25, -0.2) is 4.98 Å². The van der Waals surface area contributed by atoms with Crippen molar-refractivity contribution in [2.24, 2.45) is 5.41 Å². The largest absolute Gasteiger partial charge is 0.354 e. The Morgan fingerprint density at radius 1 is 1.59 bits per heavy atom. The topological polar surface area (TPSA) is 65.8 Å². The Kier molecular flexibility index (Phi) is 3.75. The van der Waals surface area contributed by atoms with Crippen LogP contribution < -0.4 is 5.32 Å². The van der Waals surface area contributed by atoms with Gasteiger partial charge in [-0.05, 0) is 12.8 Å². The van der Waals surface area contributed by atoms with Crippen LogP contribution in [0.2, 0.25) is 0 Å². The number of carbonyl (C=O) groups is 1. The summed E-state index contributed by atoms with van der Waals surface area (Å²) in [5.74, 6) is -0.104. The van der Waals surface area contributed by atoms with Crippen molar-refractivity contribution in [3.8, 4) is 6.07 Å². The normalized spacial score (nSPS) is 17.6. The van der Waals surface area contributed by atoms with Gasteiger partial charge in [0.25, 0.3) is 0 Å². The van der Waals surface area contributed by atoms with E-state index in [1.54, 1.807) is 16.8 Å². The highest BCUT2D eigenvalue weighted by Crippen LogP contribution is 2.37. The molecule has 0 aliphatic heterocycles. The molecule has 2 rings (SSSR count). The standard InChI is InChI=1S/C12H15N3OS/c13-8-12(4-1-2-5-12)11(16)14-6-3-10-7-17-9-15-10/h7,9H,1-6H2,(H,14,16). The second-order valence-electron chi connectivity index (χ2n) is 4.39. The molecule has 17 heavy (non-hydrogen) atoms. The Labute approximate surface area is 105 Å². The first-order valence-electron chi connectivity index (χ1n) is 5.83. The van der Waals surface area contributed by atoms with Gasteiger partial charge in [0.1, 0.15) is 5.41 Å². The summed E-state index contributed by atoms with van der Waals surface area (Å²) >= 11 is 1.55. The summed E-state index contributed by atoms with van der Waals surface area (Å²) in [6.45, 7) is 0.562. The fourth-order valence-corrected chi connectivity index (χ4v) is 2.80. The van der Waals surface area contributed by atoms with Gasteiger partial charge in [-0.1, -0.05) is 12.8 Å². The third-order valence-corrected chi connectivity index (χ3v) is 3.89. The van der Waals surface area contributed by atoms with Crippen LogP contribution in [0.25, 0.3) is 0 Å². The SMILES string of the molecule is N#CC1(C(=O)NCCc2cscn2)CCCC1. The highest BCUT2D eigenvalue weighted by molar-refractivity contribution is 7.07. The Morgan fingerprint density at radius 2 is 2.35 bits per heavy atom. The number of hydrogen-bond acceptors (Lipinski definition) is 4. The summed E-state index contributed by atoms with van der Waals surface area (Å²) in [7, 11) is 0. The van der Waals surface area contributed by atoms with Crippen LogP contribution in [0.4, 0.5) is 0 Å². The first-order valence-corrected chi connectivity index (χ1v) is 6.78. The van der Waals surface area contributed by atoms with Crippen molar-refractivity contribution in [2.45, 2.75) is 32.1 Å². The molecule has 1 aromatic heterocycles. The first-order chi connectivity index (χ1) is 8.27. The highest BCUT2D eigenvalue weighted by atomic mass is 32.1. The van der Waals surface area contributed by atoms with Crippen LogP contribution >= 0.6 is 11.3 Å². The molecule has 0 aromatic carbocycles. The molecule has 0 unspecified atom stereocenters. The van der Waals surface area contributed by atoms with Gasteiger partial charge in [-0.2, -0.15) is 5.26 Å². The van der Waals surface area contributed by atoms with Crippen LogP contribution in [0.3, 0.4) is 0 Å². The van der Waals surface area contributed by atoms with Gasteiger partial charge in [0.15, 0.2) is 0 Å². The quantitative estimate of drug-likeness (QED) is 0.886. The van der Waals surface area contributed by atoms with Gasteiger partial charge in [0.2, 0.25) is 5.91 Å². The fourth-order valence-electron chi connectivity index (χ4n) is 2.20. The van der Waals surface area contributed by atoms with Crippen molar-refractivity contribution in [1.29, 1.82) is 5.26 Å². The molecule has 1 aromatic rings. The molecule has 1 fully saturated rings. The Balaban J connectivity index is 1.83. The highest BCUT2D eigenvalue weighted by Gasteiger charge is 2.41. The maximum Gasteiger partial charge on any atom is 0.240 e. The molecule has 0 bridgehead atoms. The lowest BCUT2D eigenvalue weighted by atomic mass is 9.87. The number of amides is 1. The molecule has 0 atom stereocenters. The summed E-state index contributed by atoms with van der Waals surface area (Å²) in [4.78, 5) is 16.1. The van der Waals surface area contributed by atoms with Crippen molar-refractivity contribution >= 4 is 17.2 Å². The minimum Gasteiger partial charge on any atom is -0.354 e. The summed E-state index contributed by atoms with van der Waals surface area (Å²) < 4.78 is 0. The van der Waals surface area contributed by atoms with Crippen LogP contribution in [0, 0.1) is 16.7 Å². The smallest absolute Gasteiger partial charge is 0.240 e. The average molecular weight is 249 g/mol. The van der Waals surface area contributed by atoms with Crippen LogP contribution in [-0.4, -0.2) is 17.4 Å². The number of aromatic nitrogens is 1. The van der Waals surface area contributed by atoms with Crippen molar-refractivity contribution < 1.29 is 4.79 Å². The van der Waals surface area contributed by atoms with Crippen LogP contribution in [-0.2, 0) is 11.2 Å². The Morgan fingerprint density at radius 3 is 2.94 bits per heavy atom. The van der Waals surface area contributed by atoms with E-state index in [1.807, 2.05) is 5.38 Å². The molecule has 1 amide bonds. The monoisotopic (exact) mass is 249 g/mol. The summed E-state index contributed by atoms with van der Waals surface area (Å²) in [5, 5.41) is 14.0. The first kappa shape index (κ1) is 12.1. The molecule has 1 aliphatic rings. The van der Waals surface area contributed by atoms with E-state index in [-0.39, 0.29) is 5.91 Å². The van der Waals surface area contributed by atoms with Gasteiger partial charge in [-0.15, -0.1) is 11.3 Å². The summed E-state index contributed by atoms with van der Waals surface area (Å²) in [6.07, 6.45) is 4.09. The number of nitrogens with zero attached hydrogens (tertiary/aromatic N) is 2. The maximum absolute atomic E-state index is 12.0. The number of rotatable bonds is 4. The number of thiazole rings is 1. The maximum atomic E-state index is 12.0. The van der Waals surface area contributed by atoms with Crippen LogP contribution in [0.1, 0.15) is 31.4 Å². The van der Waals surface area contributed by atoms with Crippen molar-refractivity contribution in [1.82, 2.24) is 10.3 Å². The molecule has 90 valence electrons. The number of hydrogen-bond donors (Lipinski definition) is 1. The van der Waals surface area contributed by atoms with E-state index in [4.69, 9.17) is 5.26 Å². The molecule has 1 heterocycles. The van der Waals surface area contributed by atoms with Crippen LogP contribution in [0.5, 0.6) is 0 Å². The molecule has 0 radical (unpaired) electrons. The molecule has 5 heteroatoms. The van der Waals surface area contributed by atoms with Gasteiger partial charge < -0.3 is 5.32 Å².